The van der Waals surface area contributed by atoms with Crippen LogP contribution < -0.4 is 18.9 Å². The van der Waals surface area contributed by atoms with Gasteiger partial charge in [-0.05, 0) is 0 Å². The van der Waals surface area contributed by atoms with Gasteiger partial charge in [-0.15, -0.1) is 0 Å². The number of hydrogen-bond acceptors (Lipinski definition) is 5. The molecule has 0 atom stereocenters. The number of furan rings is 1. The smallest absolute Gasteiger partial charge is 0.338 e. The number of rotatable bonds is 0. The first-order valence-electron chi connectivity index (χ1n) is 3.13. The van der Waals surface area contributed by atoms with Crippen molar-refractivity contribution in [2.45, 2.75) is 0 Å². The molecule has 0 aliphatic carbocycles. The van der Waals surface area contributed by atoms with Crippen LogP contribution in [-0.4, -0.2) is 13.6 Å². The molecule has 2 aliphatic rings. The van der Waals surface area contributed by atoms with Gasteiger partial charge in [0.2, 0.25) is 13.6 Å². The Morgan fingerprint density at radius 1 is 0.727 bits per heavy atom. The van der Waals surface area contributed by atoms with Gasteiger partial charge < -0.3 is 23.4 Å². The molecule has 0 spiro atoms. The van der Waals surface area contributed by atoms with E-state index >= 15 is 0 Å². The third kappa shape index (κ3) is 0.508. The normalized spacial score (nSPS) is 17.5. The van der Waals surface area contributed by atoms with Crippen molar-refractivity contribution in [3.63, 3.8) is 0 Å². The molecule has 0 saturated carbocycles. The van der Waals surface area contributed by atoms with Gasteiger partial charge in [-0.2, -0.15) is 0 Å². The van der Waals surface area contributed by atoms with Gasteiger partial charge in [0.25, 0.3) is 11.5 Å². The molecule has 0 unspecified atom stereocenters. The van der Waals surface area contributed by atoms with Crippen molar-refractivity contribution in [2.24, 2.45) is 0 Å². The Labute approximate surface area is 61.4 Å². The Bertz CT molecular complexity index is 274. The predicted octanol–water partition coefficient (Wildman–Crippen LogP) is 0.737. The molecule has 2 aliphatic heterocycles. The topological polar surface area (TPSA) is 50.1 Å². The lowest BCUT2D eigenvalue weighted by Gasteiger charge is -1.90. The maximum atomic E-state index is 5.07. The van der Waals surface area contributed by atoms with Crippen LogP contribution in [0.25, 0.3) is 0 Å². The third-order valence-electron chi connectivity index (χ3n) is 1.55. The molecule has 11 heavy (non-hydrogen) atoms. The van der Waals surface area contributed by atoms with Gasteiger partial charge in [-0.3, -0.25) is 0 Å². The van der Waals surface area contributed by atoms with Crippen LogP contribution in [0.5, 0.6) is 23.4 Å². The molecule has 1 aromatic rings. The van der Waals surface area contributed by atoms with Gasteiger partial charge in [0.1, 0.15) is 0 Å². The summed E-state index contributed by atoms with van der Waals surface area (Å²) in [6, 6.07) is 0. The van der Waals surface area contributed by atoms with E-state index in [1.165, 1.54) is 0 Å². The molecule has 5 nitrogen and oxygen atoms in total. The molecule has 58 valence electrons. The van der Waals surface area contributed by atoms with E-state index in [1.54, 1.807) is 0 Å². The Morgan fingerprint density at radius 2 is 1.27 bits per heavy atom. The third-order valence-corrected chi connectivity index (χ3v) is 1.55. The Morgan fingerprint density at radius 3 is 1.82 bits per heavy atom. The summed E-state index contributed by atoms with van der Waals surface area (Å²) in [6.07, 6.45) is 0. The lowest BCUT2D eigenvalue weighted by atomic mass is 10.5. The highest BCUT2D eigenvalue weighted by Crippen LogP contribution is 2.52. The SMILES string of the molecule is C1Oc2oc3c(c2O1)OCO3. The Hall–Kier alpha value is -1.52. The van der Waals surface area contributed by atoms with Crippen LogP contribution in [-0.2, 0) is 0 Å². The summed E-state index contributed by atoms with van der Waals surface area (Å²) in [7, 11) is 0. The minimum Gasteiger partial charge on any atom is -0.446 e. The van der Waals surface area contributed by atoms with E-state index in [-0.39, 0.29) is 13.6 Å². The molecule has 3 heterocycles. The minimum absolute atomic E-state index is 0.185. The molecule has 0 N–H and O–H groups in total. The molecule has 5 heteroatoms. The van der Waals surface area contributed by atoms with E-state index in [2.05, 4.69) is 0 Å². The second-order valence-electron chi connectivity index (χ2n) is 2.15. The lowest BCUT2D eigenvalue weighted by molar-refractivity contribution is 0.134. The van der Waals surface area contributed by atoms with E-state index in [0.29, 0.717) is 23.4 Å². The van der Waals surface area contributed by atoms with Gasteiger partial charge in [0, 0.05) is 0 Å². The standard InChI is InChI=1S/C6H4O5/c1-7-3-4-6(10-2-8-4)11-5(3)9-1/h1-2H2. The van der Waals surface area contributed by atoms with Crippen molar-refractivity contribution in [3.05, 3.63) is 0 Å². The van der Waals surface area contributed by atoms with E-state index in [0.717, 1.165) is 0 Å². The van der Waals surface area contributed by atoms with E-state index < -0.39 is 0 Å². The van der Waals surface area contributed by atoms with Crippen LogP contribution in [0.15, 0.2) is 4.42 Å². The van der Waals surface area contributed by atoms with Gasteiger partial charge >= 0.3 is 11.9 Å². The highest BCUT2D eigenvalue weighted by molar-refractivity contribution is 5.54. The average Bonchev–Trinajstić information content (AvgIpc) is 2.52. The number of ether oxygens (including phenoxy) is 4. The fourth-order valence-electron chi connectivity index (χ4n) is 1.09. The van der Waals surface area contributed by atoms with Crippen LogP contribution in [0.1, 0.15) is 0 Å². The number of fused-ring (bicyclic) bond motifs is 3. The fourth-order valence-corrected chi connectivity index (χ4v) is 1.09. The van der Waals surface area contributed by atoms with Crippen LogP contribution in [0.3, 0.4) is 0 Å². The van der Waals surface area contributed by atoms with Crippen molar-refractivity contribution in [1.82, 2.24) is 0 Å². The molecule has 0 saturated heterocycles. The van der Waals surface area contributed by atoms with E-state index in [9.17, 15) is 0 Å². The fraction of sp³-hybridized carbons (Fsp3) is 0.333. The highest BCUT2D eigenvalue weighted by Gasteiger charge is 2.33. The molecule has 0 amide bonds. The molecular weight excluding hydrogens is 152 g/mol. The average molecular weight is 156 g/mol. The first-order valence-corrected chi connectivity index (χ1v) is 3.13. The highest BCUT2D eigenvalue weighted by atomic mass is 16.8. The summed E-state index contributed by atoms with van der Waals surface area (Å²) in [5, 5.41) is 0. The van der Waals surface area contributed by atoms with Crippen molar-refractivity contribution >= 4 is 0 Å². The molecule has 0 fully saturated rings. The van der Waals surface area contributed by atoms with Crippen LogP contribution >= 0.6 is 0 Å². The first kappa shape index (κ1) is 5.17. The van der Waals surface area contributed by atoms with Gasteiger partial charge in [0.15, 0.2) is 0 Å². The predicted molar refractivity (Wildman–Crippen MR) is 31.0 cm³/mol. The molecular formula is C6H4O5. The van der Waals surface area contributed by atoms with Crippen LogP contribution in [0.2, 0.25) is 0 Å². The zero-order valence-electron chi connectivity index (χ0n) is 5.46. The summed E-state index contributed by atoms with van der Waals surface area (Å²) in [5.41, 5.74) is 0. The molecule has 3 rings (SSSR count). The van der Waals surface area contributed by atoms with E-state index in [4.69, 9.17) is 23.4 Å². The van der Waals surface area contributed by atoms with Gasteiger partial charge in [-0.25, -0.2) is 0 Å². The largest absolute Gasteiger partial charge is 0.446 e. The lowest BCUT2D eigenvalue weighted by Crippen LogP contribution is -1.95. The summed E-state index contributed by atoms with van der Waals surface area (Å²) < 4.78 is 25.1. The molecule has 0 bridgehead atoms. The van der Waals surface area contributed by atoms with E-state index in [1.807, 2.05) is 0 Å². The zero-order valence-corrected chi connectivity index (χ0v) is 5.46. The van der Waals surface area contributed by atoms with Crippen molar-refractivity contribution in [3.8, 4) is 23.4 Å². The molecule has 0 aromatic carbocycles. The number of hydrogen-bond donors (Lipinski definition) is 0. The van der Waals surface area contributed by atoms with Gasteiger partial charge in [-0.1, -0.05) is 0 Å². The summed E-state index contributed by atoms with van der Waals surface area (Å²) >= 11 is 0. The van der Waals surface area contributed by atoms with Gasteiger partial charge in [0.05, 0.1) is 0 Å². The van der Waals surface area contributed by atoms with Crippen LogP contribution in [0.4, 0.5) is 0 Å². The maximum Gasteiger partial charge on any atom is 0.338 e. The maximum absolute atomic E-state index is 5.07. The van der Waals surface area contributed by atoms with Crippen molar-refractivity contribution in [1.29, 1.82) is 0 Å². The van der Waals surface area contributed by atoms with Crippen LogP contribution in [0, 0.1) is 0 Å². The quantitative estimate of drug-likeness (QED) is 0.554. The minimum atomic E-state index is 0.185. The summed E-state index contributed by atoms with van der Waals surface area (Å²) in [6.45, 7) is 0.371. The Balaban J connectivity index is 2.22. The summed E-state index contributed by atoms with van der Waals surface area (Å²) in [5.74, 6) is 1.71. The van der Waals surface area contributed by atoms with Crippen molar-refractivity contribution < 1.29 is 23.4 Å². The second-order valence-corrected chi connectivity index (χ2v) is 2.15. The monoisotopic (exact) mass is 156 g/mol. The zero-order chi connectivity index (χ0) is 7.26. The molecule has 1 aromatic heterocycles. The Kier molecular flexibility index (Phi) is 0.730. The van der Waals surface area contributed by atoms with Crippen molar-refractivity contribution in [2.75, 3.05) is 13.6 Å². The second kappa shape index (κ2) is 1.55. The molecule has 0 radical (unpaired) electrons. The summed E-state index contributed by atoms with van der Waals surface area (Å²) in [4.78, 5) is 0. The first-order chi connectivity index (χ1) is 5.45.